The summed E-state index contributed by atoms with van der Waals surface area (Å²) in [6, 6.07) is 4.91. The van der Waals surface area contributed by atoms with E-state index in [2.05, 4.69) is 20.7 Å². The predicted octanol–water partition coefficient (Wildman–Crippen LogP) is -0.353. The second-order valence-corrected chi connectivity index (χ2v) is 6.88. The van der Waals surface area contributed by atoms with E-state index in [0.29, 0.717) is 36.8 Å². The van der Waals surface area contributed by atoms with Crippen LogP contribution in [-0.2, 0) is 36.3 Å². The Morgan fingerprint density at radius 3 is 2.86 bits per heavy atom. The van der Waals surface area contributed by atoms with Crippen LogP contribution in [0.25, 0.3) is 0 Å². The van der Waals surface area contributed by atoms with Crippen molar-refractivity contribution in [1.82, 2.24) is 25.0 Å². The number of piperidine rings is 1. The van der Waals surface area contributed by atoms with Gasteiger partial charge < -0.3 is 16.0 Å². The summed E-state index contributed by atoms with van der Waals surface area (Å²) >= 11 is 0. The molecule has 1 aromatic heterocycles. The summed E-state index contributed by atoms with van der Waals surface area (Å²) in [5, 5.41) is 9.73. The van der Waals surface area contributed by atoms with E-state index in [1.165, 1.54) is 0 Å². The zero-order valence-corrected chi connectivity index (χ0v) is 15.4. The molecule has 10 nitrogen and oxygen atoms in total. The molecule has 1 saturated heterocycles. The molecular formula is C18H21N7O3. The van der Waals surface area contributed by atoms with Gasteiger partial charge in [-0.25, -0.2) is 4.68 Å². The molecule has 2 aromatic rings. The van der Waals surface area contributed by atoms with Crippen LogP contribution in [0, 0.1) is 0 Å². The number of hydrogen-bond donors (Lipinski definition) is 3. The van der Waals surface area contributed by atoms with Gasteiger partial charge in [-0.3, -0.25) is 19.7 Å². The Morgan fingerprint density at radius 1 is 1.32 bits per heavy atom. The fourth-order valence-corrected chi connectivity index (χ4v) is 3.67. The van der Waals surface area contributed by atoms with Gasteiger partial charge in [0.15, 0.2) is 5.82 Å². The molecule has 0 bridgehead atoms. The highest BCUT2D eigenvalue weighted by Gasteiger charge is 2.39. The summed E-state index contributed by atoms with van der Waals surface area (Å²) in [6.07, 6.45) is 0.583. The van der Waals surface area contributed by atoms with E-state index in [1.54, 1.807) is 22.7 Å². The molecule has 1 fully saturated rings. The Kier molecular flexibility index (Phi) is 4.55. The van der Waals surface area contributed by atoms with Crippen LogP contribution in [0.1, 0.15) is 40.2 Å². The van der Waals surface area contributed by atoms with Gasteiger partial charge in [0.2, 0.25) is 17.8 Å². The lowest BCUT2D eigenvalue weighted by Crippen LogP contribution is -2.52. The van der Waals surface area contributed by atoms with Crippen molar-refractivity contribution in [3.05, 3.63) is 40.7 Å². The van der Waals surface area contributed by atoms with Gasteiger partial charge in [-0.05, 0) is 23.6 Å². The van der Waals surface area contributed by atoms with Crippen molar-refractivity contribution in [1.29, 1.82) is 0 Å². The van der Waals surface area contributed by atoms with Crippen molar-refractivity contribution < 1.29 is 14.4 Å². The fraction of sp³-hybridized carbons (Fsp3) is 0.389. The van der Waals surface area contributed by atoms with Gasteiger partial charge in [0, 0.05) is 32.1 Å². The number of rotatable bonds is 5. The first-order chi connectivity index (χ1) is 13.5. The average molecular weight is 383 g/mol. The van der Waals surface area contributed by atoms with Crippen LogP contribution in [-0.4, -0.2) is 43.4 Å². The third-order valence-electron chi connectivity index (χ3n) is 5.11. The molecule has 1 atom stereocenters. The smallest absolute Gasteiger partial charge is 0.255 e. The summed E-state index contributed by atoms with van der Waals surface area (Å²) < 4.78 is 1.62. The molecule has 4 rings (SSSR count). The van der Waals surface area contributed by atoms with Crippen molar-refractivity contribution in [3.63, 3.8) is 0 Å². The van der Waals surface area contributed by atoms with Crippen molar-refractivity contribution in [3.8, 4) is 0 Å². The topological polar surface area (TPSA) is 135 Å². The van der Waals surface area contributed by atoms with Gasteiger partial charge in [-0.2, -0.15) is 10.1 Å². The number of nitrogens with one attached hydrogen (secondary N) is 2. The second-order valence-electron chi connectivity index (χ2n) is 6.88. The number of aryl methyl sites for hydroxylation is 1. The number of carbonyl (C=O) groups excluding carboxylic acids is 3. The lowest BCUT2D eigenvalue weighted by Gasteiger charge is -2.29. The highest BCUT2D eigenvalue weighted by atomic mass is 16.2. The molecule has 3 heterocycles. The molecule has 0 aliphatic carbocycles. The lowest BCUT2D eigenvalue weighted by molar-refractivity contribution is -0.136. The molecule has 1 aromatic carbocycles. The quantitative estimate of drug-likeness (QED) is 0.600. The normalized spacial score (nSPS) is 19.0. The molecule has 2 aliphatic rings. The maximum Gasteiger partial charge on any atom is 0.255 e. The molecule has 28 heavy (non-hydrogen) atoms. The third-order valence-corrected chi connectivity index (χ3v) is 5.11. The SMILES string of the molecule is Cn1nc(CN)nc1NCc1cccc2c1CN(C1CCC(=O)NC1=O)C2=O. The molecule has 2 aliphatic heterocycles. The molecule has 4 N–H and O–H groups in total. The number of nitrogens with two attached hydrogens (primary N) is 1. The van der Waals surface area contributed by atoms with Gasteiger partial charge in [-0.15, -0.1) is 0 Å². The first-order valence-electron chi connectivity index (χ1n) is 9.07. The van der Waals surface area contributed by atoms with Crippen LogP contribution >= 0.6 is 0 Å². The van der Waals surface area contributed by atoms with Crippen molar-refractivity contribution in [2.45, 2.75) is 38.5 Å². The minimum absolute atomic E-state index is 0.185. The van der Waals surface area contributed by atoms with Crippen LogP contribution in [0.15, 0.2) is 18.2 Å². The van der Waals surface area contributed by atoms with E-state index in [0.717, 1.165) is 11.1 Å². The molecule has 10 heteroatoms. The minimum atomic E-state index is -0.621. The van der Waals surface area contributed by atoms with Crippen molar-refractivity contribution in [2.75, 3.05) is 5.32 Å². The van der Waals surface area contributed by atoms with E-state index in [4.69, 9.17) is 5.73 Å². The number of imide groups is 1. The molecule has 3 amide bonds. The van der Waals surface area contributed by atoms with Gasteiger partial charge in [0.05, 0.1) is 6.54 Å². The first kappa shape index (κ1) is 18.1. The maximum absolute atomic E-state index is 12.8. The van der Waals surface area contributed by atoms with Crippen molar-refractivity contribution >= 4 is 23.7 Å². The second kappa shape index (κ2) is 7.04. The predicted molar refractivity (Wildman–Crippen MR) is 98.7 cm³/mol. The molecule has 1 unspecified atom stereocenters. The average Bonchev–Trinajstić information content (AvgIpc) is 3.20. The number of fused-ring (bicyclic) bond motifs is 1. The summed E-state index contributed by atoms with van der Waals surface area (Å²) in [5.41, 5.74) is 7.98. The first-order valence-corrected chi connectivity index (χ1v) is 9.07. The zero-order chi connectivity index (χ0) is 19.8. The zero-order valence-electron chi connectivity index (χ0n) is 15.4. The number of anilines is 1. The molecular weight excluding hydrogens is 362 g/mol. The van der Waals surface area contributed by atoms with Gasteiger partial charge in [-0.1, -0.05) is 12.1 Å². The Morgan fingerprint density at radius 2 is 2.14 bits per heavy atom. The monoisotopic (exact) mass is 383 g/mol. The van der Waals surface area contributed by atoms with E-state index < -0.39 is 11.9 Å². The molecule has 0 radical (unpaired) electrons. The van der Waals surface area contributed by atoms with Crippen LogP contribution < -0.4 is 16.4 Å². The Labute approximate surface area is 161 Å². The largest absolute Gasteiger partial charge is 0.350 e. The lowest BCUT2D eigenvalue weighted by atomic mass is 10.0. The summed E-state index contributed by atoms with van der Waals surface area (Å²) in [5.74, 6) is 0.239. The van der Waals surface area contributed by atoms with E-state index >= 15 is 0 Å². The van der Waals surface area contributed by atoms with E-state index in [-0.39, 0.29) is 24.8 Å². The number of hydrogen-bond acceptors (Lipinski definition) is 7. The summed E-state index contributed by atoms with van der Waals surface area (Å²) in [7, 11) is 1.78. The summed E-state index contributed by atoms with van der Waals surface area (Å²) in [6.45, 7) is 1.05. The number of nitrogens with zero attached hydrogens (tertiary/aromatic N) is 4. The number of amides is 3. The number of carbonyl (C=O) groups is 3. The molecule has 0 saturated carbocycles. The Bertz CT molecular complexity index is 968. The molecule has 146 valence electrons. The third kappa shape index (κ3) is 3.11. The maximum atomic E-state index is 12.8. The van der Waals surface area contributed by atoms with Crippen molar-refractivity contribution in [2.24, 2.45) is 12.8 Å². The highest BCUT2D eigenvalue weighted by molar-refractivity contribution is 6.05. The van der Waals surface area contributed by atoms with Gasteiger partial charge >= 0.3 is 0 Å². The van der Waals surface area contributed by atoms with Crippen LogP contribution in [0.5, 0.6) is 0 Å². The van der Waals surface area contributed by atoms with Gasteiger partial charge in [0.25, 0.3) is 5.91 Å². The standard InChI is InChI=1S/C18H21N7O3/c1-24-18(21-14(7-19)23-24)20-8-10-3-2-4-11-12(10)9-25(17(11)28)13-5-6-15(26)22-16(13)27/h2-4,13H,5-9,19H2,1H3,(H,20,21,23)(H,22,26,27). The minimum Gasteiger partial charge on any atom is -0.350 e. The number of aromatic nitrogens is 3. The number of benzene rings is 1. The van der Waals surface area contributed by atoms with E-state index in [9.17, 15) is 14.4 Å². The van der Waals surface area contributed by atoms with E-state index in [1.807, 2.05) is 12.1 Å². The van der Waals surface area contributed by atoms with Gasteiger partial charge in [0.1, 0.15) is 6.04 Å². The fourth-order valence-electron chi connectivity index (χ4n) is 3.67. The Balaban J connectivity index is 1.53. The highest BCUT2D eigenvalue weighted by Crippen LogP contribution is 2.30. The van der Waals surface area contributed by atoms with Crippen LogP contribution in [0.3, 0.4) is 0 Å². The molecule has 0 spiro atoms. The van der Waals surface area contributed by atoms with Crippen LogP contribution in [0.4, 0.5) is 5.95 Å². The van der Waals surface area contributed by atoms with Crippen LogP contribution in [0.2, 0.25) is 0 Å². The summed E-state index contributed by atoms with van der Waals surface area (Å²) in [4.78, 5) is 42.3. The Hall–Kier alpha value is -3.27.